The van der Waals surface area contributed by atoms with Crippen molar-refractivity contribution in [3.8, 4) is 0 Å². The van der Waals surface area contributed by atoms with Gasteiger partial charge >= 0.3 is 0 Å². The Morgan fingerprint density at radius 2 is 1.90 bits per heavy atom. The number of nitrogens with zero attached hydrogens (tertiary/aromatic N) is 1. The van der Waals surface area contributed by atoms with Gasteiger partial charge in [0.15, 0.2) is 0 Å². The number of carbonyl (C=O) groups is 1. The molecule has 0 atom stereocenters. The standard InChI is InChI=1S/C16H20N2O3/c1-4-20-10-14-7-5-13(6-8-14)9-17-16(19)15-11(2)18-21-12(15)3/h5-8H,4,9-10H2,1-3H3,(H,17,19). The zero-order chi connectivity index (χ0) is 15.2. The fraction of sp³-hybridized carbons (Fsp3) is 0.375. The summed E-state index contributed by atoms with van der Waals surface area (Å²) < 4.78 is 10.3. The normalized spacial score (nSPS) is 10.6. The van der Waals surface area contributed by atoms with E-state index in [1.807, 2.05) is 31.2 Å². The minimum atomic E-state index is -0.162. The van der Waals surface area contributed by atoms with Gasteiger partial charge in [-0.05, 0) is 31.9 Å². The number of aryl methyl sites for hydroxylation is 2. The van der Waals surface area contributed by atoms with Crippen molar-refractivity contribution in [3.63, 3.8) is 0 Å². The molecule has 1 aromatic heterocycles. The van der Waals surface area contributed by atoms with Crippen molar-refractivity contribution >= 4 is 5.91 Å². The molecule has 0 saturated heterocycles. The van der Waals surface area contributed by atoms with Crippen molar-refractivity contribution in [1.29, 1.82) is 0 Å². The first-order valence-corrected chi connectivity index (χ1v) is 6.98. The molecule has 5 nitrogen and oxygen atoms in total. The van der Waals surface area contributed by atoms with Crippen molar-refractivity contribution in [2.45, 2.75) is 33.9 Å². The Kier molecular flexibility index (Phi) is 5.11. The van der Waals surface area contributed by atoms with Crippen LogP contribution < -0.4 is 5.32 Å². The van der Waals surface area contributed by atoms with Crippen LogP contribution in [0.4, 0.5) is 0 Å². The maximum absolute atomic E-state index is 12.1. The van der Waals surface area contributed by atoms with Crippen LogP contribution in [-0.4, -0.2) is 17.7 Å². The van der Waals surface area contributed by atoms with Crippen LogP contribution >= 0.6 is 0 Å². The molecule has 0 radical (unpaired) electrons. The molecular formula is C16H20N2O3. The number of nitrogens with one attached hydrogen (secondary N) is 1. The van der Waals surface area contributed by atoms with Gasteiger partial charge in [-0.1, -0.05) is 29.4 Å². The predicted octanol–water partition coefficient (Wildman–Crippen LogP) is 2.76. The van der Waals surface area contributed by atoms with E-state index in [0.717, 1.165) is 11.1 Å². The van der Waals surface area contributed by atoms with Gasteiger partial charge in [-0.3, -0.25) is 4.79 Å². The SMILES string of the molecule is CCOCc1ccc(CNC(=O)c2c(C)noc2C)cc1. The Hall–Kier alpha value is -2.14. The Bertz CT molecular complexity index is 583. The molecule has 0 fully saturated rings. The maximum atomic E-state index is 12.1. The van der Waals surface area contributed by atoms with E-state index in [2.05, 4.69) is 10.5 Å². The first-order valence-electron chi connectivity index (χ1n) is 6.98. The number of aromatic nitrogens is 1. The first kappa shape index (κ1) is 15.3. The number of benzene rings is 1. The lowest BCUT2D eigenvalue weighted by atomic mass is 10.1. The summed E-state index contributed by atoms with van der Waals surface area (Å²) in [6.07, 6.45) is 0. The predicted molar refractivity (Wildman–Crippen MR) is 78.9 cm³/mol. The lowest BCUT2D eigenvalue weighted by Gasteiger charge is -2.06. The Labute approximate surface area is 124 Å². The second-order valence-electron chi connectivity index (χ2n) is 4.84. The van der Waals surface area contributed by atoms with E-state index < -0.39 is 0 Å². The number of carbonyl (C=O) groups excluding carboxylic acids is 1. The van der Waals surface area contributed by atoms with E-state index >= 15 is 0 Å². The van der Waals surface area contributed by atoms with Crippen molar-refractivity contribution in [2.75, 3.05) is 6.61 Å². The smallest absolute Gasteiger partial charge is 0.257 e. The number of hydrogen-bond donors (Lipinski definition) is 1. The first-order chi connectivity index (χ1) is 10.1. The monoisotopic (exact) mass is 288 g/mol. The van der Waals surface area contributed by atoms with E-state index in [9.17, 15) is 4.79 Å². The average Bonchev–Trinajstić information content (AvgIpc) is 2.83. The molecule has 2 aromatic rings. The van der Waals surface area contributed by atoms with Gasteiger partial charge in [-0.25, -0.2) is 0 Å². The molecule has 1 aromatic carbocycles. The molecule has 0 unspecified atom stereocenters. The molecule has 1 N–H and O–H groups in total. The minimum absolute atomic E-state index is 0.162. The summed E-state index contributed by atoms with van der Waals surface area (Å²) in [4.78, 5) is 12.1. The summed E-state index contributed by atoms with van der Waals surface area (Å²) in [6, 6.07) is 7.99. The third kappa shape index (κ3) is 3.92. The van der Waals surface area contributed by atoms with Gasteiger partial charge in [0.05, 0.1) is 12.3 Å². The van der Waals surface area contributed by atoms with Crippen molar-refractivity contribution < 1.29 is 14.1 Å². The number of hydrogen-bond acceptors (Lipinski definition) is 4. The fourth-order valence-corrected chi connectivity index (χ4v) is 2.05. The molecule has 0 aliphatic rings. The molecule has 0 bridgehead atoms. The van der Waals surface area contributed by atoms with Crippen molar-refractivity contribution in [3.05, 3.63) is 52.4 Å². The lowest BCUT2D eigenvalue weighted by Crippen LogP contribution is -2.23. The van der Waals surface area contributed by atoms with Gasteiger partial charge in [-0.2, -0.15) is 0 Å². The quantitative estimate of drug-likeness (QED) is 0.887. The number of ether oxygens (including phenoxy) is 1. The Morgan fingerprint density at radius 1 is 1.24 bits per heavy atom. The van der Waals surface area contributed by atoms with Gasteiger partial charge in [0.25, 0.3) is 5.91 Å². The highest BCUT2D eigenvalue weighted by Crippen LogP contribution is 2.12. The molecule has 1 heterocycles. The van der Waals surface area contributed by atoms with E-state index in [1.165, 1.54) is 0 Å². The zero-order valence-corrected chi connectivity index (χ0v) is 12.6. The number of rotatable bonds is 6. The van der Waals surface area contributed by atoms with Crippen LogP contribution in [-0.2, 0) is 17.9 Å². The highest BCUT2D eigenvalue weighted by Gasteiger charge is 2.16. The fourth-order valence-electron chi connectivity index (χ4n) is 2.05. The van der Waals surface area contributed by atoms with Crippen LogP contribution in [0.5, 0.6) is 0 Å². The molecule has 0 aliphatic heterocycles. The van der Waals surface area contributed by atoms with Crippen LogP contribution in [0.15, 0.2) is 28.8 Å². The molecule has 1 amide bonds. The summed E-state index contributed by atoms with van der Waals surface area (Å²) >= 11 is 0. The molecule has 0 saturated carbocycles. The highest BCUT2D eigenvalue weighted by molar-refractivity contribution is 5.95. The summed E-state index contributed by atoms with van der Waals surface area (Å²) in [6.45, 7) is 7.25. The van der Waals surface area contributed by atoms with Crippen LogP contribution in [0.25, 0.3) is 0 Å². The second kappa shape index (κ2) is 7.04. The van der Waals surface area contributed by atoms with Gasteiger partial charge in [0, 0.05) is 13.2 Å². The van der Waals surface area contributed by atoms with Gasteiger partial charge < -0.3 is 14.6 Å². The van der Waals surface area contributed by atoms with Gasteiger partial charge in [-0.15, -0.1) is 0 Å². The largest absolute Gasteiger partial charge is 0.377 e. The van der Waals surface area contributed by atoms with Crippen molar-refractivity contribution in [2.24, 2.45) is 0 Å². The molecule has 0 spiro atoms. The minimum Gasteiger partial charge on any atom is -0.377 e. The summed E-state index contributed by atoms with van der Waals surface area (Å²) in [5.41, 5.74) is 3.29. The molecule has 0 aliphatic carbocycles. The van der Waals surface area contributed by atoms with E-state index in [4.69, 9.17) is 9.26 Å². The van der Waals surface area contributed by atoms with Crippen LogP contribution in [0.2, 0.25) is 0 Å². The van der Waals surface area contributed by atoms with Crippen LogP contribution in [0.1, 0.15) is 39.9 Å². The Morgan fingerprint density at radius 3 is 2.48 bits per heavy atom. The molecule has 112 valence electrons. The average molecular weight is 288 g/mol. The van der Waals surface area contributed by atoms with E-state index in [1.54, 1.807) is 13.8 Å². The van der Waals surface area contributed by atoms with E-state index in [-0.39, 0.29) is 5.91 Å². The zero-order valence-electron chi connectivity index (χ0n) is 12.6. The summed E-state index contributed by atoms with van der Waals surface area (Å²) in [7, 11) is 0. The third-order valence-corrected chi connectivity index (χ3v) is 3.21. The lowest BCUT2D eigenvalue weighted by molar-refractivity contribution is 0.0949. The summed E-state index contributed by atoms with van der Waals surface area (Å²) in [5, 5.41) is 6.66. The third-order valence-electron chi connectivity index (χ3n) is 3.21. The second-order valence-corrected chi connectivity index (χ2v) is 4.84. The van der Waals surface area contributed by atoms with Crippen LogP contribution in [0.3, 0.4) is 0 Å². The molecule has 21 heavy (non-hydrogen) atoms. The Balaban J connectivity index is 1.92. The summed E-state index contributed by atoms with van der Waals surface area (Å²) in [5.74, 6) is 0.377. The highest BCUT2D eigenvalue weighted by atomic mass is 16.5. The topological polar surface area (TPSA) is 64.4 Å². The van der Waals surface area contributed by atoms with Crippen LogP contribution in [0, 0.1) is 13.8 Å². The molecule has 5 heteroatoms. The maximum Gasteiger partial charge on any atom is 0.257 e. The van der Waals surface area contributed by atoms with E-state index in [0.29, 0.717) is 36.8 Å². The van der Waals surface area contributed by atoms with Crippen molar-refractivity contribution in [1.82, 2.24) is 10.5 Å². The number of amides is 1. The molecule has 2 rings (SSSR count). The van der Waals surface area contributed by atoms with Gasteiger partial charge in [0.1, 0.15) is 11.3 Å². The molecular weight excluding hydrogens is 268 g/mol. The van der Waals surface area contributed by atoms with Gasteiger partial charge in [0.2, 0.25) is 0 Å².